The predicted octanol–water partition coefficient (Wildman–Crippen LogP) is 4.65. The second-order valence-electron chi connectivity index (χ2n) is 8.24. The molecule has 0 saturated heterocycles. The first kappa shape index (κ1) is 16.0. The van der Waals surface area contributed by atoms with Crippen molar-refractivity contribution < 1.29 is 0 Å². The average Bonchev–Trinajstić information content (AvgIpc) is 3.47. The van der Waals surface area contributed by atoms with Gasteiger partial charge >= 0.3 is 0 Å². The fourth-order valence-electron chi connectivity index (χ4n) is 5.36. The van der Waals surface area contributed by atoms with Crippen molar-refractivity contribution in [2.45, 2.75) is 50.5 Å². The fraction of sp³-hybridized carbons (Fsp3) is 0.348. The van der Waals surface area contributed by atoms with Gasteiger partial charge in [0.25, 0.3) is 0 Å². The zero-order valence-corrected chi connectivity index (χ0v) is 15.9. The molecule has 0 radical (unpaired) electrons. The van der Waals surface area contributed by atoms with E-state index in [0.717, 1.165) is 24.4 Å². The molecule has 4 aromatic rings. The van der Waals surface area contributed by atoms with E-state index in [0.29, 0.717) is 5.41 Å². The van der Waals surface area contributed by atoms with Crippen molar-refractivity contribution >= 4 is 22.2 Å². The maximum Gasteiger partial charge on any atom is 0.157 e. The van der Waals surface area contributed by atoms with E-state index in [9.17, 15) is 0 Å². The molecule has 5 heteroatoms. The summed E-state index contributed by atoms with van der Waals surface area (Å²) >= 11 is 0. The molecule has 0 amide bonds. The van der Waals surface area contributed by atoms with Gasteiger partial charge in [0.15, 0.2) is 5.65 Å². The standard InChI is InChI=1S/C23H23N5/c1-2-10-23(9-1)11-6-18-21(23)27-20-8-13-26-28(20)22(18)25-14-17-5-3-4-16-7-12-24-15-19(16)17/h3-5,7-8,12-13,15,25H,1-2,6,9-11,14H2. The van der Waals surface area contributed by atoms with Gasteiger partial charge in [-0.1, -0.05) is 31.0 Å². The first-order valence-electron chi connectivity index (χ1n) is 10.3. The van der Waals surface area contributed by atoms with Crippen LogP contribution in [0.15, 0.2) is 48.9 Å². The van der Waals surface area contributed by atoms with Gasteiger partial charge in [-0.3, -0.25) is 4.98 Å². The Bertz CT molecular complexity index is 1180. The van der Waals surface area contributed by atoms with Crippen molar-refractivity contribution in [3.63, 3.8) is 0 Å². The molecule has 1 fully saturated rings. The van der Waals surface area contributed by atoms with Crippen molar-refractivity contribution in [1.29, 1.82) is 0 Å². The second kappa shape index (κ2) is 6.03. The van der Waals surface area contributed by atoms with E-state index in [1.165, 1.54) is 59.7 Å². The molecule has 140 valence electrons. The number of nitrogens with zero attached hydrogens (tertiary/aromatic N) is 4. The van der Waals surface area contributed by atoms with Crippen molar-refractivity contribution in [1.82, 2.24) is 19.6 Å². The quantitative estimate of drug-likeness (QED) is 0.571. The monoisotopic (exact) mass is 369 g/mol. The van der Waals surface area contributed by atoms with E-state index in [1.54, 1.807) is 0 Å². The topological polar surface area (TPSA) is 55.1 Å². The predicted molar refractivity (Wildman–Crippen MR) is 111 cm³/mol. The number of nitrogens with one attached hydrogen (secondary N) is 1. The number of aromatic nitrogens is 4. The summed E-state index contributed by atoms with van der Waals surface area (Å²) in [5.41, 5.74) is 5.22. The Balaban J connectivity index is 1.44. The van der Waals surface area contributed by atoms with Crippen LogP contribution >= 0.6 is 0 Å². The summed E-state index contributed by atoms with van der Waals surface area (Å²) in [5.74, 6) is 1.12. The van der Waals surface area contributed by atoms with Crippen molar-refractivity contribution in [2.75, 3.05) is 5.32 Å². The molecule has 6 rings (SSSR count). The highest BCUT2D eigenvalue weighted by molar-refractivity contribution is 5.85. The van der Waals surface area contributed by atoms with Crippen molar-refractivity contribution in [3.8, 4) is 0 Å². The molecule has 1 aromatic carbocycles. The first-order valence-corrected chi connectivity index (χ1v) is 10.3. The molecule has 0 atom stereocenters. The van der Waals surface area contributed by atoms with Crippen molar-refractivity contribution in [3.05, 3.63) is 65.7 Å². The molecule has 3 aromatic heterocycles. The lowest BCUT2D eigenvalue weighted by atomic mass is 9.83. The van der Waals surface area contributed by atoms with Crippen LogP contribution in [0.25, 0.3) is 16.4 Å². The Kier molecular flexibility index (Phi) is 3.45. The van der Waals surface area contributed by atoms with Crippen molar-refractivity contribution in [2.24, 2.45) is 0 Å². The summed E-state index contributed by atoms with van der Waals surface area (Å²) < 4.78 is 1.98. The van der Waals surface area contributed by atoms with Crippen LogP contribution in [0.3, 0.4) is 0 Å². The molecule has 28 heavy (non-hydrogen) atoms. The van der Waals surface area contributed by atoms with Gasteiger partial charge in [0.1, 0.15) is 5.82 Å². The molecule has 1 N–H and O–H groups in total. The average molecular weight is 369 g/mol. The van der Waals surface area contributed by atoms with Gasteiger partial charge in [0.05, 0.1) is 11.9 Å². The molecule has 1 spiro atoms. The van der Waals surface area contributed by atoms with Crippen LogP contribution in [0.4, 0.5) is 5.82 Å². The van der Waals surface area contributed by atoms with Gasteiger partial charge < -0.3 is 5.32 Å². The number of benzene rings is 1. The summed E-state index contributed by atoms with van der Waals surface area (Å²) in [6.07, 6.45) is 13.2. The van der Waals surface area contributed by atoms with Crippen LogP contribution < -0.4 is 5.32 Å². The lowest BCUT2D eigenvalue weighted by molar-refractivity contribution is 0.429. The Hall–Kier alpha value is -2.95. The van der Waals surface area contributed by atoms with Crippen LogP contribution in [-0.2, 0) is 18.4 Å². The Morgan fingerprint density at radius 2 is 1.96 bits per heavy atom. The lowest BCUT2D eigenvalue weighted by Crippen LogP contribution is -2.20. The third kappa shape index (κ3) is 2.28. The van der Waals surface area contributed by atoms with Gasteiger partial charge in [0.2, 0.25) is 0 Å². The van der Waals surface area contributed by atoms with Crippen LogP contribution in [0.5, 0.6) is 0 Å². The summed E-state index contributed by atoms with van der Waals surface area (Å²) in [6.45, 7) is 0.751. The first-order chi connectivity index (χ1) is 13.8. The van der Waals surface area contributed by atoms with E-state index in [1.807, 2.05) is 29.2 Å². The third-order valence-electron chi connectivity index (χ3n) is 6.77. The number of rotatable bonds is 3. The van der Waals surface area contributed by atoms with E-state index in [-0.39, 0.29) is 0 Å². The normalized spacial score (nSPS) is 17.6. The number of hydrogen-bond donors (Lipinski definition) is 1. The highest BCUT2D eigenvalue weighted by Crippen LogP contribution is 2.50. The largest absolute Gasteiger partial charge is 0.366 e. The molecule has 0 bridgehead atoms. The smallest absolute Gasteiger partial charge is 0.157 e. The van der Waals surface area contributed by atoms with E-state index in [4.69, 9.17) is 4.98 Å². The molecule has 5 nitrogen and oxygen atoms in total. The van der Waals surface area contributed by atoms with Crippen LogP contribution in [0, 0.1) is 0 Å². The fourth-order valence-corrected chi connectivity index (χ4v) is 5.36. The molecule has 2 aliphatic carbocycles. The van der Waals surface area contributed by atoms with Gasteiger partial charge in [-0.15, -0.1) is 0 Å². The molecule has 3 heterocycles. The van der Waals surface area contributed by atoms with Gasteiger partial charge in [-0.2, -0.15) is 9.61 Å². The second-order valence-corrected chi connectivity index (χ2v) is 8.24. The zero-order valence-electron chi connectivity index (χ0n) is 15.9. The number of anilines is 1. The SMILES string of the molecule is c1cc(CNc2c3c(nc4ccnn24)C2(CCCC2)CC3)c2cnccc2c1. The van der Waals surface area contributed by atoms with Gasteiger partial charge in [-0.25, -0.2) is 4.98 Å². The summed E-state index contributed by atoms with van der Waals surface area (Å²) in [7, 11) is 0. The summed E-state index contributed by atoms with van der Waals surface area (Å²) in [4.78, 5) is 9.39. The highest BCUT2D eigenvalue weighted by Gasteiger charge is 2.44. The van der Waals surface area contributed by atoms with Crippen LogP contribution in [-0.4, -0.2) is 19.6 Å². The lowest BCUT2D eigenvalue weighted by Gasteiger charge is -2.23. The Morgan fingerprint density at radius 1 is 1.04 bits per heavy atom. The van der Waals surface area contributed by atoms with E-state index < -0.39 is 0 Å². The minimum atomic E-state index is 0.307. The van der Waals surface area contributed by atoms with Gasteiger partial charge in [0, 0.05) is 41.4 Å². The molecular weight excluding hydrogens is 346 g/mol. The minimum absolute atomic E-state index is 0.307. The summed E-state index contributed by atoms with van der Waals surface area (Å²) in [5, 5.41) is 10.7. The van der Waals surface area contributed by atoms with E-state index >= 15 is 0 Å². The van der Waals surface area contributed by atoms with Crippen LogP contribution in [0.2, 0.25) is 0 Å². The molecule has 0 unspecified atom stereocenters. The number of hydrogen-bond acceptors (Lipinski definition) is 4. The maximum atomic E-state index is 5.07. The maximum absolute atomic E-state index is 5.07. The third-order valence-corrected chi connectivity index (χ3v) is 6.77. The number of fused-ring (bicyclic) bond motifs is 4. The zero-order chi connectivity index (χ0) is 18.6. The van der Waals surface area contributed by atoms with Gasteiger partial charge in [-0.05, 0) is 42.7 Å². The molecular formula is C23H23N5. The highest BCUT2D eigenvalue weighted by atomic mass is 15.3. The Labute approximate surface area is 163 Å². The minimum Gasteiger partial charge on any atom is -0.366 e. The summed E-state index contributed by atoms with van der Waals surface area (Å²) in [6, 6.07) is 10.5. The molecule has 2 aliphatic rings. The van der Waals surface area contributed by atoms with E-state index in [2.05, 4.69) is 39.7 Å². The molecule has 1 saturated carbocycles. The van der Waals surface area contributed by atoms with Crippen LogP contribution in [0.1, 0.15) is 48.9 Å². The molecule has 0 aliphatic heterocycles. The Morgan fingerprint density at radius 3 is 2.89 bits per heavy atom. The number of pyridine rings is 1.